The largest absolute Gasteiger partial charge is 0.301 e. The Balaban J connectivity index is 1.56. The number of piperazine rings is 1. The highest BCUT2D eigenvalue weighted by Gasteiger charge is 2.17. The van der Waals surface area contributed by atoms with Gasteiger partial charge in [-0.2, -0.15) is 5.10 Å². The number of hydrogen-bond acceptors (Lipinski definition) is 5. The number of nitrogens with zero attached hydrogens (tertiary/aromatic N) is 6. The maximum Gasteiger partial charge on any atom is 0.266 e. The van der Waals surface area contributed by atoms with E-state index in [-0.39, 0.29) is 5.56 Å². The Morgan fingerprint density at radius 1 is 1.08 bits per heavy atom. The van der Waals surface area contributed by atoms with E-state index in [4.69, 9.17) is 0 Å². The molecule has 0 radical (unpaired) electrons. The Morgan fingerprint density at radius 3 is 2.50 bits per heavy atom. The normalized spacial score (nSPS) is 16.8. The van der Waals surface area contributed by atoms with Crippen molar-refractivity contribution in [2.75, 3.05) is 39.3 Å². The topological polar surface area (TPSA) is 59.2 Å². The van der Waals surface area contributed by atoms with E-state index in [0.29, 0.717) is 18.3 Å². The summed E-state index contributed by atoms with van der Waals surface area (Å²) in [7, 11) is 0. The predicted octanol–water partition coefficient (Wildman–Crippen LogP) is 0.703. The van der Waals surface area contributed by atoms with Gasteiger partial charge in [-0.3, -0.25) is 9.69 Å². The van der Waals surface area contributed by atoms with Crippen LogP contribution in [0.25, 0.3) is 5.82 Å². The van der Waals surface area contributed by atoms with Gasteiger partial charge in [-0.1, -0.05) is 13.8 Å². The molecule has 0 amide bonds. The third-order valence-electron chi connectivity index (χ3n) is 4.31. The molecule has 1 aliphatic rings. The van der Waals surface area contributed by atoms with E-state index in [1.54, 1.807) is 23.0 Å². The average molecular weight is 330 g/mol. The van der Waals surface area contributed by atoms with Gasteiger partial charge < -0.3 is 4.90 Å². The van der Waals surface area contributed by atoms with Crippen molar-refractivity contribution in [1.82, 2.24) is 29.4 Å². The Hall–Kier alpha value is -1.99. The summed E-state index contributed by atoms with van der Waals surface area (Å²) in [5.41, 5.74) is -0.0654. The average Bonchev–Trinajstić information content (AvgIpc) is 3.09. The fourth-order valence-corrected chi connectivity index (χ4v) is 3.07. The van der Waals surface area contributed by atoms with Crippen LogP contribution in [0.1, 0.15) is 13.8 Å². The first kappa shape index (κ1) is 16.9. The third-order valence-corrected chi connectivity index (χ3v) is 4.31. The first-order valence-corrected chi connectivity index (χ1v) is 8.65. The van der Waals surface area contributed by atoms with Gasteiger partial charge in [0.05, 0.1) is 6.54 Å². The van der Waals surface area contributed by atoms with Gasteiger partial charge >= 0.3 is 0 Å². The molecule has 0 spiro atoms. The summed E-state index contributed by atoms with van der Waals surface area (Å²) in [4.78, 5) is 17.0. The van der Waals surface area contributed by atoms with E-state index in [1.165, 1.54) is 11.2 Å². The van der Waals surface area contributed by atoms with Crippen molar-refractivity contribution < 1.29 is 0 Å². The van der Waals surface area contributed by atoms with Gasteiger partial charge in [0.25, 0.3) is 5.56 Å². The van der Waals surface area contributed by atoms with Crippen LogP contribution in [0.2, 0.25) is 0 Å². The molecule has 0 bridgehead atoms. The molecule has 0 atom stereocenters. The Labute approximate surface area is 142 Å². The van der Waals surface area contributed by atoms with Gasteiger partial charge in [-0.25, -0.2) is 9.36 Å². The van der Waals surface area contributed by atoms with Crippen LogP contribution in [0, 0.1) is 5.92 Å². The maximum absolute atomic E-state index is 12.0. The lowest BCUT2D eigenvalue weighted by Gasteiger charge is -2.35. The minimum Gasteiger partial charge on any atom is -0.301 e. The zero-order valence-electron chi connectivity index (χ0n) is 14.5. The summed E-state index contributed by atoms with van der Waals surface area (Å²) in [6.45, 7) is 11.5. The van der Waals surface area contributed by atoms with E-state index in [0.717, 1.165) is 32.7 Å². The van der Waals surface area contributed by atoms with Gasteiger partial charge in [-0.15, -0.1) is 5.10 Å². The lowest BCUT2D eigenvalue weighted by atomic mass is 10.2. The maximum atomic E-state index is 12.0. The van der Waals surface area contributed by atoms with Gasteiger partial charge in [0.2, 0.25) is 0 Å². The second-order valence-electron chi connectivity index (χ2n) is 6.74. The molecular formula is C17H26N6O. The highest BCUT2D eigenvalue weighted by Crippen LogP contribution is 2.05. The van der Waals surface area contributed by atoms with Crippen LogP contribution in [0.5, 0.6) is 0 Å². The first-order chi connectivity index (χ1) is 11.6. The summed E-state index contributed by atoms with van der Waals surface area (Å²) < 4.78 is 3.21. The van der Waals surface area contributed by atoms with Crippen molar-refractivity contribution in [2.24, 2.45) is 5.92 Å². The highest BCUT2D eigenvalue weighted by atomic mass is 16.1. The van der Waals surface area contributed by atoms with Crippen molar-refractivity contribution in [3.63, 3.8) is 0 Å². The van der Waals surface area contributed by atoms with Gasteiger partial charge in [0.15, 0.2) is 5.82 Å². The molecule has 2 aromatic rings. The lowest BCUT2D eigenvalue weighted by Crippen LogP contribution is -2.48. The second-order valence-corrected chi connectivity index (χ2v) is 6.74. The van der Waals surface area contributed by atoms with Crippen LogP contribution in [0.4, 0.5) is 0 Å². The molecule has 0 unspecified atom stereocenters. The van der Waals surface area contributed by atoms with E-state index in [2.05, 4.69) is 33.8 Å². The summed E-state index contributed by atoms with van der Waals surface area (Å²) in [6.07, 6.45) is 3.53. The molecule has 7 heteroatoms. The molecule has 0 N–H and O–H groups in total. The lowest BCUT2D eigenvalue weighted by molar-refractivity contribution is 0.118. The molecule has 24 heavy (non-hydrogen) atoms. The van der Waals surface area contributed by atoms with Crippen LogP contribution in [-0.4, -0.2) is 68.6 Å². The molecule has 1 saturated heterocycles. The molecule has 3 heterocycles. The fraction of sp³-hybridized carbons (Fsp3) is 0.588. The van der Waals surface area contributed by atoms with Crippen molar-refractivity contribution >= 4 is 0 Å². The van der Waals surface area contributed by atoms with Crippen molar-refractivity contribution in [1.29, 1.82) is 0 Å². The highest BCUT2D eigenvalue weighted by molar-refractivity contribution is 5.17. The minimum absolute atomic E-state index is 0.0654. The molecule has 130 valence electrons. The van der Waals surface area contributed by atoms with Crippen LogP contribution >= 0.6 is 0 Å². The van der Waals surface area contributed by atoms with Crippen LogP contribution in [-0.2, 0) is 6.54 Å². The van der Waals surface area contributed by atoms with Crippen LogP contribution in [0.3, 0.4) is 0 Å². The Bertz CT molecular complexity index is 685. The van der Waals surface area contributed by atoms with Crippen molar-refractivity contribution in [3.05, 3.63) is 40.9 Å². The molecule has 0 aliphatic carbocycles. The quantitative estimate of drug-likeness (QED) is 0.780. The molecule has 1 fully saturated rings. The fourth-order valence-electron chi connectivity index (χ4n) is 3.07. The Morgan fingerprint density at radius 2 is 1.83 bits per heavy atom. The van der Waals surface area contributed by atoms with E-state index in [9.17, 15) is 4.79 Å². The molecule has 3 rings (SSSR count). The zero-order valence-corrected chi connectivity index (χ0v) is 14.5. The van der Waals surface area contributed by atoms with Crippen molar-refractivity contribution in [2.45, 2.75) is 20.4 Å². The van der Waals surface area contributed by atoms with E-state index in [1.807, 2.05) is 12.3 Å². The van der Waals surface area contributed by atoms with Crippen LogP contribution < -0.4 is 5.56 Å². The van der Waals surface area contributed by atoms with E-state index >= 15 is 0 Å². The number of hydrogen-bond donors (Lipinski definition) is 0. The molecule has 2 aromatic heterocycles. The van der Waals surface area contributed by atoms with Gasteiger partial charge in [-0.05, 0) is 18.1 Å². The van der Waals surface area contributed by atoms with Crippen molar-refractivity contribution in [3.8, 4) is 5.82 Å². The zero-order chi connectivity index (χ0) is 16.9. The molecule has 7 nitrogen and oxygen atoms in total. The van der Waals surface area contributed by atoms with Gasteiger partial charge in [0, 0.05) is 57.7 Å². The summed E-state index contributed by atoms with van der Waals surface area (Å²) in [6, 6.07) is 5.11. The minimum atomic E-state index is -0.0654. The molecule has 0 saturated carbocycles. The molecular weight excluding hydrogens is 304 g/mol. The SMILES string of the molecule is CC(C)CN1CCN(CCn2nc(-n3cccn3)ccc2=O)CC1. The number of rotatable bonds is 6. The first-order valence-electron chi connectivity index (χ1n) is 8.65. The smallest absolute Gasteiger partial charge is 0.266 e. The summed E-state index contributed by atoms with van der Waals surface area (Å²) in [5, 5.41) is 8.58. The van der Waals surface area contributed by atoms with Crippen LogP contribution in [0.15, 0.2) is 35.4 Å². The molecule has 1 aliphatic heterocycles. The number of aromatic nitrogens is 4. The standard InChI is InChI=1S/C17H26N6O/c1-15(2)14-21-10-8-20(9-11-21)12-13-23-17(24)5-4-16(19-23)22-7-3-6-18-22/h3-7,15H,8-14H2,1-2H3. The van der Waals surface area contributed by atoms with E-state index < -0.39 is 0 Å². The predicted molar refractivity (Wildman–Crippen MR) is 93.3 cm³/mol. The Kier molecular flexibility index (Phi) is 5.42. The summed E-state index contributed by atoms with van der Waals surface area (Å²) >= 11 is 0. The summed E-state index contributed by atoms with van der Waals surface area (Å²) in [5.74, 6) is 1.38. The van der Waals surface area contributed by atoms with Gasteiger partial charge in [0.1, 0.15) is 0 Å². The third kappa shape index (κ3) is 4.30. The second kappa shape index (κ2) is 7.72. The molecule has 0 aromatic carbocycles. The monoisotopic (exact) mass is 330 g/mol.